The Morgan fingerprint density at radius 2 is 1.67 bits per heavy atom. The van der Waals surface area contributed by atoms with Gasteiger partial charge in [-0.25, -0.2) is 24.9 Å². The molecule has 0 aliphatic heterocycles. The normalized spacial score (nSPS) is 13.5. The Bertz CT molecular complexity index is 1810. The number of aromatic nitrogens is 10. The Hall–Kier alpha value is -4.95. The van der Waals surface area contributed by atoms with Gasteiger partial charge in [0, 0.05) is 30.3 Å². The highest BCUT2D eigenvalue weighted by Crippen LogP contribution is 2.45. The molecule has 0 saturated heterocycles. The van der Waals surface area contributed by atoms with Crippen LogP contribution in [0.25, 0.3) is 22.8 Å². The molecule has 0 bridgehead atoms. The molecule has 1 fully saturated rings. The number of imidazole rings is 1. The molecule has 15 heteroatoms. The maximum absolute atomic E-state index is 13.5. The van der Waals surface area contributed by atoms with Gasteiger partial charge in [-0.05, 0) is 46.1 Å². The SMILES string of the molecule is COc1ncnc(C2CC2)c1-c1ncnc(N(Cc2ccc(-c3nc(C(F)(F)F)cn3C(C)C)cc2)Cc2cnn(C(C)C)n2)n1. The molecular formula is C31H34F3N11O. The van der Waals surface area contributed by atoms with Gasteiger partial charge in [0.15, 0.2) is 11.5 Å². The summed E-state index contributed by atoms with van der Waals surface area (Å²) in [4.78, 5) is 30.2. The van der Waals surface area contributed by atoms with Crippen LogP contribution in [-0.4, -0.2) is 56.6 Å². The van der Waals surface area contributed by atoms with Gasteiger partial charge in [-0.1, -0.05) is 24.3 Å². The zero-order valence-electron chi connectivity index (χ0n) is 26.1. The third-order valence-electron chi connectivity index (χ3n) is 7.60. The number of rotatable bonds is 11. The molecule has 46 heavy (non-hydrogen) atoms. The first kappa shape index (κ1) is 31.0. The van der Waals surface area contributed by atoms with Crippen molar-refractivity contribution in [1.29, 1.82) is 0 Å². The molecule has 4 aromatic heterocycles. The maximum atomic E-state index is 13.5. The number of benzene rings is 1. The lowest BCUT2D eigenvalue weighted by Crippen LogP contribution is -2.25. The van der Waals surface area contributed by atoms with Crippen molar-refractivity contribution in [2.24, 2.45) is 0 Å². The van der Waals surface area contributed by atoms with Crippen molar-refractivity contribution < 1.29 is 17.9 Å². The molecule has 12 nitrogen and oxygen atoms in total. The van der Waals surface area contributed by atoms with Crippen LogP contribution in [0.1, 0.15) is 81.2 Å². The Balaban J connectivity index is 1.34. The summed E-state index contributed by atoms with van der Waals surface area (Å²) in [6.07, 6.45) is 3.21. The topological polar surface area (TPSA) is 125 Å². The van der Waals surface area contributed by atoms with Crippen LogP contribution in [0.5, 0.6) is 5.88 Å². The van der Waals surface area contributed by atoms with E-state index in [9.17, 15) is 13.2 Å². The first-order valence-corrected chi connectivity index (χ1v) is 15.0. The third kappa shape index (κ3) is 6.53. The Kier molecular flexibility index (Phi) is 8.40. The molecule has 0 radical (unpaired) electrons. The molecule has 0 N–H and O–H groups in total. The molecule has 0 atom stereocenters. The number of alkyl halides is 3. The van der Waals surface area contributed by atoms with Crippen LogP contribution >= 0.6 is 0 Å². The molecule has 1 aliphatic rings. The van der Waals surface area contributed by atoms with Crippen LogP contribution in [0.4, 0.5) is 19.1 Å². The van der Waals surface area contributed by atoms with Crippen LogP contribution in [0.15, 0.2) is 49.3 Å². The van der Waals surface area contributed by atoms with Crippen molar-refractivity contribution in [2.45, 2.75) is 77.8 Å². The summed E-state index contributed by atoms with van der Waals surface area (Å²) < 4.78 is 47.5. The van der Waals surface area contributed by atoms with E-state index in [1.54, 1.807) is 30.2 Å². The van der Waals surface area contributed by atoms with Crippen LogP contribution in [0, 0.1) is 0 Å². The second-order valence-electron chi connectivity index (χ2n) is 11.8. The first-order valence-electron chi connectivity index (χ1n) is 15.0. The van der Waals surface area contributed by atoms with Gasteiger partial charge in [0.1, 0.15) is 29.7 Å². The number of hydrogen-bond acceptors (Lipinski definition) is 10. The Morgan fingerprint density at radius 1 is 0.935 bits per heavy atom. The molecule has 6 rings (SSSR count). The van der Waals surface area contributed by atoms with Crippen molar-refractivity contribution >= 4 is 5.95 Å². The Labute approximate surface area is 263 Å². The lowest BCUT2D eigenvalue weighted by atomic mass is 10.1. The van der Waals surface area contributed by atoms with E-state index in [4.69, 9.17) is 9.72 Å². The summed E-state index contributed by atoms with van der Waals surface area (Å²) in [5.41, 5.74) is 2.73. The van der Waals surface area contributed by atoms with Crippen molar-refractivity contribution in [1.82, 2.24) is 49.5 Å². The average molecular weight is 634 g/mol. The predicted molar refractivity (Wildman–Crippen MR) is 163 cm³/mol. The molecule has 1 aromatic carbocycles. The van der Waals surface area contributed by atoms with Crippen molar-refractivity contribution in [2.75, 3.05) is 12.0 Å². The lowest BCUT2D eigenvalue weighted by molar-refractivity contribution is -0.140. The zero-order valence-corrected chi connectivity index (χ0v) is 26.1. The predicted octanol–water partition coefficient (Wildman–Crippen LogP) is 6.06. The lowest BCUT2D eigenvalue weighted by Gasteiger charge is -2.22. The number of methoxy groups -OCH3 is 1. The van der Waals surface area contributed by atoms with Crippen molar-refractivity contribution in [3.63, 3.8) is 0 Å². The van der Waals surface area contributed by atoms with Crippen LogP contribution in [0.2, 0.25) is 0 Å². The minimum absolute atomic E-state index is 0.0844. The number of nitrogens with zero attached hydrogens (tertiary/aromatic N) is 11. The minimum Gasteiger partial charge on any atom is -0.480 e. The van der Waals surface area contributed by atoms with E-state index in [1.165, 1.54) is 17.2 Å². The van der Waals surface area contributed by atoms with E-state index in [2.05, 4.69) is 35.1 Å². The number of anilines is 1. The van der Waals surface area contributed by atoms with Gasteiger partial charge in [0.2, 0.25) is 11.8 Å². The van der Waals surface area contributed by atoms with E-state index in [1.807, 2.05) is 44.7 Å². The smallest absolute Gasteiger partial charge is 0.434 e. The number of hydrogen-bond donors (Lipinski definition) is 0. The second-order valence-corrected chi connectivity index (χ2v) is 11.8. The molecular weight excluding hydrogens is 599 g/mol. The number of ether oxygens (including phenoxy) is 1. The van der Waals surface area contributed by atoms with E-state index in [0.29, 0.717) is 53.5 Å². The highest BCUT2D eigenvalue weighted by atomic mass is 19.4. The fraction of sp³-hybridized carbons (Fsp3) is 0.419. The highest BCUT2D eigenvalue weighted by molar-refractivity contribution is 5.66. The van der Waals surface area contributed by atoms with Crippen molar-refractivity contribution in [3.8, 4) is 28.7 Å². The maximum Gasteiger partial charge on any atom is 0.434 e. The van der Waals surface area contributed by atoms with Crippen LogP contribution in [0.3, 0.4) is 0 Å². The van der Waals surface area contributed by atoms with E-state index < -0.39 is 11.9 Å². The summed E-state index contributed by atoms with van der Waals surface area (Å²) in [7, 11) is 1.55. The summed E-state index contributed by atoms with van der Waals surface area (Å²) >= 11 is 0. The monoisotopic (exact) mass is 633 g/mol. The van der Waals surface area contributed by atoms with Crippen LogP contribution < -0.4 is 9.64 Å². The van der Waals surface area contributed by atoms with Gasteiger partial charge in [0.05, 0.1) is 31.6 Å². The molecule has 240 valence electrons. The largest absolute Gasteiger partial charge is 0.480 e. The van der Waals surface area contributed by atoms with E-state index in [0.717, 1.165) is 30.3 Å². The number of halogens is 3. The fourth-order valence-electron chi connectivity index (χ4n) is 5.11. The fourth-order valence-corrected chi connectivity index (χ4v) is 5.11. The molecule has 5 aromatic rings. The standard InChI is InChI=1S/C31H34F3N11O/c1-18(2)44-15-24(31(32,33)34)40-28(44)22-8-6-20(7-9-22)13-43(14-23-12-39-45(42-23)19(3)4)30-38-17-36-27(41-30)25-26(21-10-11-21)35-16-37-29(25)46-5/h6-9,12,15-19,21H,10-11,13-14H2,1-5H3. The second kappa shape index (κ2) is 12.4. The van der Waals surface area contributed by atoms with E-state index in [-0.39, 0.29) is 17.9 Å². The van der Waals surface area contributed by atoms with Gasteiger partial charge in [-0.3, -0.25) is 0 Å². The minimum atomic E-state index is -4.54. The van der Waals surface area contributed by atoms with Gasteiger partial charge in [0.25, 0.3) is 0 Å². The molecule has 0 unspecified atom stereocenters. The summed E-state index contributed by atoms with van der Waals surface area (Å²) in [5, 5.41) is 9.01. The van der Waals surface area contributed by atoms with Gasteiger partial charge < -0.3 is 14.2 Å². The Morgan fingerprint density at radius 3 is 2.30 bits per heavy atom. The molecule has 1 saturated carbocycles. The molecule has 0 amide bonds. The highest BCUT2D eigenvalue weighted by Gasteiger charge is 2.35. The quantitative estimate of drug-likeness (QED) is 0.170. The van der Waals surface area contributed by atoms with Gasteiger partial charge in [-0.15, -0.1) is 0 Å². The average Bonchev–Trinajstić information content (AvgIpc) is 3.58. The van der Waals surface area contributed by atoms with Crippen molar-refractivity contribution in [3.05, 3.63) is 72.0 Å². The first-order chi connectivity index (χ1) is 22.0. The van der Waals surface area contributed by atoms with E-state index >= 15 is 0 Å². The zero-order chi connectivity index (χ0) is 32.6. The molecule has 0 spiro atoms. The third-order valence-corrected chi connectivity index (χ3v) is 7.60. The van der Waals surface area contributed by atoms with Crippen LogP contribution in [-0.2, 0) is 19.3 Å². The van der Waals surface area contributed by atoms with Gasteiger partial charge in [-0.2, -0.15) is 33.1 Å². The summed E-state index contributed by atoms with van der Waals surface area (Å²) in [5.74, 6) is 1.74. The summed E-state index contributed by atoms with van der Waals surface area (Å²) in [6.45, 7) is 8.33. The molecule has 1 aliphatic carbocycles. The van der Waals surface area contributed by atoms with Gasteiger partial charge >= 0.3 is 6.18 Å². The molecule has 4 heterocycles. The summed E-state index contributed by atoms with van der Waals surface area (Å²) in [6, 6.07) is 7.15.